The largest absolute Gasteiger partial charge is 0.395 e. The van der Waals surface area contributed by atoms with Crippen molar-refractivity contribution in [1.82, 2.24) is 0 Å². The van der Waals surface area contributed by atoms with Gasteiger partial charge in [0.2, 0.25) is 8.53 Å². The van der Waals surface area contributed by atoms with E-state index in [2.05, 4.69) is 10.8 Å². The van der Waals surface area contributed by atoms with Crippen molar-refractivity contribution in [2.24, 2.45) is 10.9 Å². The third kappa shape index (κ3) is 5.89. The van der Waals surface area contributed by atoms with E-state index in [0.29, 0.717) is 5.69 Å². The molecule has 0 aromatic heterocycles. The minimum atomic E-state index is -2.14. The normalized spacial score (nSPS) is 13.8. The maximum absolute atomic E-state index is 9.93. The first kappa shape index (κ1) is 20.5. The van der Waals surface area contributed by atoms with Crippen LogP contribution in [0.15, 0.2) is 60.7 Å². The van der Waals surface area contributed by atoms with Gasteiger partial charge in [0.15, 0.2) is 6.23 Å². The van der Waals surface area contributed by atoms with Crippen LogP contribution in [0.2, 0.25) is 0 Å². The molecule has 2 rings (SSSR count). The number of aliphatic hydroxyl groups is 2. The van der Waals surface area contributed by atoms with Gasteiger partial charge in [-0.25, -0.2) is 0 Å². The summed E-state index contributed by atoms with van der Waals surface area (Å²) >= 11 is 0. The molecule has 0 aliphatic heterocycles. The summed E-state index contributed by atoms with van der Waals surface area (Å²) in [6.07, 6.45) is -0.893. The molecule has 26 heavy (non-hydrogen) atoms. The smallest absolute Gasteiger partial charge is 0.250 e. The maximum atomic E-state index is 9.93. The molecule has 0 amide bonds. The molecule has 0 aliphatic carbocycles. The monoisotopic (exact) mass is 381 g/mol. The first-order valence-electron chi connectivity index (χ1n) is 7.96. The predicted molar refractivity (Wildman–Crippen MR) is 101 cm³/mol. The van der Waals surface area contributed by atoms with Crippen molar-refractivity contribution in [2.75, 3.05) is 30.6 Å². The van der Waals surface area contributed by atoms with Crippen LogP contribution in [0, 0.1) is 5.41 Å². The van der Waals surface area contributed by atoms with Gasteiger partial charge in [0.05, 0.1) is 30.9 Å². The van der Waals surface area contributed by atoms with Gasteiger partial charge in [0.1, 0.15) is 0 Å². The second kappa shape index (κ2) is 10.4. The van der Waals surface area contributed by atoms with Gasteiger partial charge in [0.25, 0.3) is 0 Å². The zero-order valence-electron chi connectivity index (χ0n) is 14.2. The average Bonchev–Trinajstić information content (AvgIpc) is 2.68. The Balaban J connectivity index is 2.20. The molecule has 2 unspecified atom stereocenters. The fourth-order valence-corrected chi connectivity index (χ4v) is 2.59. The van der Waals surface area contributed by atoms with Gasteiger partial charge in [0, 0.05) is 5.69 Å². The molecule has 0 radical (unpaired) electrons. The first-order chi connectivity index (χ1) is 12.6. The SMILES string of the molecule is NP(O)OCC(CO)(CO)C(Nc1ccccc1)ONc1ccccc1. The number of nitrogens with two attached hydrogens (primary N) is 1. The Morgan fingerprint density at radius 3 is 2.00 bits per heavy atom. The third-order valence-electron chi connectivity index (χ3n) is 3.81. The zero-order valence-corrected chi connectivity index (χ0v) is 15.0. The Hall–Kier alpha value is -1.77. The summed E-state index contributed by atoms with van der Waals surface area (Å²) in [6, 6.07) is 18.4. The van der Waals surface area contributed by atoms with Gasteiger partial charge in [-0.15, -0.1) is 0 Å². The second-order valence-electron chi connectivity index (χ2n) is 5.73. The van der Waals surface area contributed by atoms with Gasteiger partial charge in [-0.1, -0.05) is 36.4 Å². The number of hydrogen-bond acceptors (Lipinski definition) is 8. The highest BCUT2D eigenvalue weighted by Crippen LogP contribution is 2.31. The van der Waals surface area contributed by atoms with E-state index in [1.807, 2.05) is 60.7 Å². The molecule has 142 valence electrons. The van der Waals surface area contributed by atoms with E-state index in [9.17, 15) is 15.1 Å². The molecule has 0 fully saturated rings. The molecule has 7 N–H and O–H groups in total. The standard InChI is InChI=1S/C17H24N3O5P/c18-26(23)24-13-17(11-21,12-22)16(19-14-7-3-1-4-8-14)25-20-15-9-5-2-6-10-15/h1-10,16,19-23H,11-13,18H2. The van der Waals surface area contributed by atoms with Crippen molar-refractivity contribution in [3.05, 3.63) is 60.7 Å². The summed E-state index contributed by atoms with van der Waals surface area (Å²) in [5.41, 5.74) is 8.23. The van der Waals surface area contributed by atoms with Crippen LogP contribution in [0.5, 0.6) is 0 Å². The predicted octanol–water partition coefficient (Wildman–Crippen LogP) is 1.63. The summed E-state index contributed by atoms with van der Waals surface area (Å²) in [7, 11) is -2.14. The van der Waals surface area contributed by atoms with Crippen molar-refractivity contribution in [3.63, 3.8) is 0 Å². The minimum Gasteiger partial charge on any atom is -0.395 e. The van der Waals surface area contributed by atoms with Crippen LogP contribution in [0.1, 0.15) is 0 Å². The number of para-hydroxylation sites is 2. The summed E-state index contributed by atoms with van der Waals surface area (Å²) < 4.78 is 5.09. The fourth-order valence-electron chi connectivity index (χ4n) is 2.20. The summed E-state index contributed by atoms with van der Waals surface area (Å²) in [5.74, 6) is 0. The highest BCUT2D eigenvalue weighted by molar-refractivity contribution is 7.43. The van der Waals surface area contributed by atoms with Crippen LogP contribution in [0.3, 0.4) is 0 Å². The van der Waals surface area contributed by atoms with Gasteiger partial charge in [-0.3, -0.25) is 15.8 Å². The van der Waals surface area contributed by atoms with E-state index in [1.165, 1.54) is 0 Å². The van der Waals surface area contributed by atoms with Gasteiger partial charge < -0.3 is 24.9 Å². The van der Waals surface area contributed by atoms with Crippen LogP contribution in [-0.4, -0.2) is 41.2 Å². The van der Waals surface area contributed by atoms with Gasteiger partial charge >= 0.3 is 0 Å². The number of hydrogen-bond donors (Lipinski definition) is 6. The Morgan fingerprint density at radius 1 is 0.962 bits per heavy atom. The number of rotatable bonds is 11. The number of nitrogens with one attached hydrogen (secondary N) is 2. The molecule has 8 nitrogen and oxygen atoms in total. The lowest BCUT2D eigenvalue weighted by atomic mass is 9.88. The Kier molecular flexibility index (Phi) is 8.21. The summed E-state index contributed by atoms with van der Waals surface area (Å²) in [4.78, 5) is 15.0. The van der Waals surface area contributed by atoms with E-state index in [4.69, 9.17) is 14.9 Å². The molecule has 2 atom stereocenters. The van der Waals surface area contributed by atoms with E-state index < -0.39 is 33.4 Å². The van der Waals surface area contributed by atoms with Gasteiger partial charge in [-0.05, 0) is 24.3 Å². The molecular formula is C17H24N3O5P. The van der Waals surface area contributed by atoms with Crippen molar-refractivity contribution in [3.8, 4) is 0 Å². The lowest BCUT2D eigenvalue weighted by molar-refractivity contribution is -0.0818. The van der Waals surface area contributed by atoms with Crippen LogP contribution in [-0.2, 0) is 9.36 Å². The minimum absolute atomic E-state index is 0.209. The molecule has 9 heteroatoms. The van der Waals surface area contributed by atoms with Crippen LogP contribution >= 0.6 is 8.53 Å². The Labute approximate surface area is 153 Å². The topological polar surface area (TPSA) is 129 Å². The van der Waals surface area contributed by atoms with E-state index >= 15 is 0 Å². The zero-order chi connectivity index (χ0) is 18.8. The highest BCUT2D eigenvalue weighted by Gasteiger charge is 2.41. The Morgan fingerprint density at radius 2 is 1.50 bits per heavy atom. The highest BCUT2D eigenvalue weighted by atomic mass is 31.2. The van der Waals surface area contributed by atoms with Crippen molar-refractivity contribution in [2.45, 2.75) is 6.23 Å². The Bertz CT molecular complexity index is 629. The molecule has 0 aliphatic rings. The lowest BCUT2D eigenvalue weighted by Crippen LogP contribution is -2.51. The molecule has 0 heterocycles. The molecule has 0 saturated carbocycles. The quantitative estimate of drug-likeness (QED) is 0.197. The third-order valence-corrected chi connectivity index (χ3v) is 4.20. The maximum Gasteiger partial charge on any atom is 0.250 e. The van der Waals surface area contributed by atoms with Crippen molar-refractivity contribution >= 4 is 19.9 Å². The number of aliphatic hydroxyl groups excluding tert-OH is 2. The first-order valence-corrected chi connectivity index (χ1v) is 9.24. The second-order valence-corrected chi connectivity index (χ2v) is 6.59. The van der Waals surface area contributed by atoms with Crippen LogP contribution < -0.4 is 16.3 Å². The number of benzene rings is 2. The number of anilines is 2. The molecule has 2 aromatic carbocycles. The lowest BCUT2D eigenvalue weighted by Gasteiger charge is -2.37. The summed E-state index contributed by atoms with van der Waals surface area (Å²) in [5, 5.41) is 23.0. The van der Waals surface area contributed by atoms with Gasteiger partial charge in [-0.2, -0.15) is 0 Å². The van der Waals surface area contributed by atoms with Crippen molar-refractivity contribution in [1.29, 1.82) is 0 Å². The van der Waals surface area contributed by atoms with Crippen LogP contribution in [0.4, 0.5) is 11.4 Å². The molecular weight excluding hydrogens is 357 g/mol. The van der Waals surface area contributed by atoms with E-state index in [-0.39, 0.29) is 6.61 Å². The molecule has 0 saturated heterocycles. The van der Waals surface area contributed by atoms with Crippen molar-refractivity contribution < 1.29 is 24.5 Å². The fraction of sp³-hybridized carbons (Fsp3) is 0.294. The van der Waals surface area contributed by atoms with E-state index in [1.54, 1.807) is 0 Å². The molecule has 0 spiro atoms. The average molecular weight is 381 g/mol. The molecule has 2 aromatic rings. The molecule has 0 bridgehead atoms. The summed E-state index contributed by atoms with van der Waals surface area (Å²) in [6.45, 7) is -1.14. The van der Waals surface area contributed by atoms with E-state index in [0.717, 1.165) is 5.69 Å². The van der Waals surface area contributed by atoms with Crippen LogP contribution in [0.25, 0.3) is 0 Å².